The fraction of sp³-hybridized carbons (Fsp3) is 0.562. The van der Waals surface area contributed by atoms with E-state index in [0.717, 1.165) is 38.1 Å². The van der Waals surface area contributed by atoms with Gasteiger partial charge in [0, 0.05) is 26.2 Å². The molecular weight excluding hydrogens is 282 g/mol. The zero-order valence-corrected chi connectivity index (χ0v) is 13.9. The number of methoxy groups -OCH3 is 1. The molecule has 1 aromatic carbocycles. The number of nitrogens with two attached hydrogens (primary N) is 1. The summed E-state index contributed by atoms with van der Waals surface area (Å²) in [5.74, 6) is 0. The van der Waals surface area contributed by atoms with Crippen LogP contribution in [0.25, 0.3) is 10.2 Å². The molecular formula is C16H25N3OS. The highest BCUT2D eigenvalue weighted by molar-refractivity contribution is 7.22. The monoisotopic (exact) mass is 307 g/mol. The molecule has 0 amide bonds. The SMILES string of the molecule is CCC(CC)N(CCOC)Cc1ccc2nc(N)sc2c1. The predicted octanol–water partition coefficient (Wildman–Crippen LogP) is 3.52. The van der Waals surface area contributed by atoms with Crippen LogP contribution >= 0.6 is 11.3 Å². The van der Waals surface area contributed by atoms with Gasteiger partial charge in [0.25, 0.3) is 0 Å². The Balaban J connectivity index is 2.15. The summed E-state index contributed by atoms with van der Waals surface area (Å²) in [5, 5.41) is 0.637. The van der Waals surface area contributed by atoms with Crippen molar-refractivity contribution in [3.05, 3.63) is 23.8 Å². The fourth-order valence-corrected chi connectivity index (χ4v) is 3.52. The number of aromatic nitrogens is 1. The Kier molecular flexibility index (Phi) is 5.96. The first-order chi connectivity index (χ1) is 10.2. The number of ether oxygens (including phenoxy) is 1. The third-order valence-electron chi connectivity index (χ3n) is 3.90. The Bertz CT molecular complexity index is 566. The Morgan fingerprint density at radius 1 is 1.33 bits per heavy atom. The summed E-state index contributed by atoms with van der Waals surface area (Å²) in [7, 11) is 1.76. The number of anilines is 1. The van der Waals surface area contributed by atoms with E-state index in [-0.39, 0.29) is 0 Å². The molecule has 1 aromatic heterocycles. The molecule has 2 aromatic rings. The largest absolute Gasteiger partial charge is 0.383 e. The molecule has 0 aliphatic rings. The molecule has 0 spiro atoms. The number of hydrogen-bond acceptors (Lipinski definition) is 5. The molecule has 0 aliphatic heterocycles. The van der Waals surface area contributed by atoms with Crippen LogP contribution in [0, 0.1) is 0 Å². The van der Waals surface area contributed by atoms with Gasteiger partial charge in [0.05, 0.1) is 16.8 Å². The van der Waals surface area contributed by atoms with Gasteiger partial charge < -0.3 is 10.5 Å². The predicted molar refractivity (Wildman–Crippen MR) is 90.7 cm³/mol. The maximum atomic E-state index is 5.78. The molecule has 2 rings (SSSR count). The van der Waals surface area contributed by atoms with Gasteiger partial charge in [-0.1, -0.05) is 31.3 Å². The second-order valence-electron chi connectivity index (χ2n) is 5.29. The van der Waals surface area contributed by atoms with Gasteiger partial charge >= 0.3 is 0 Å². The first kappa shape index (κ1) is 16.2. The van der Waals surface area contributed by atoms with Gasteiger partial charge in [0.2, 0.25) is 0 Å². The van der Waals surface area contributed by atoms with Crippen LogP contribution < -0.4 is 5.73 Å². The van der Waals surface area contributed by atoms with Crippen LogP contribution in [0.15, 0.2) is 18.2 Å². The molecule has 0 saturated heterocycles. The van der Waals surface area contributed by atoms with Crippen molar-refractivity contribution < 1.29 is 4.74 Å². The van der Waals surface area contributed by atoms with E-state index >= 15 is 0 Å². The number of fused-ring (bicyclic) bond motifs is 1. The zero-order valence-electron chi connectivity index (χ0n) is 13.1. The lowest BCUT2D eigenvalue weighted by Gasteiger charge is -2.30. The average molecular weight is 307 g/mol. The summed E-state index contributed by atoms with van der Waals surface area (Å²) < 4.78 is 6.42. The second kappa shape index (κ2) is 7.73. The van der Waals surface area contributed by atoms with Crippen LogP contribution in [-0.4, -0.2) is 36.2 Å². The van der Waals surface area contributed by atoms with Crippen molar-refractivity contribution in [2.45, 2.75) is 39.3 Å². The quantitative estimate of drug-likeness (QED) is 0.811. The first-order valence-corrected chi connectivity index (χ1v) is 8.37. The van der Waals surface area contributed by atoms with Crippen molar-refractivity contribution in [3.8, 4) is 0 Å². The minimum atomic E-state index is 0.599. The number of thiazole rings is 1. The summed E-state index contributed by atoms with van der Waals surface area (Å²) in [6, 6.07) is 7.04. The lowest BCUT2D eigenvalue weighted by atomic mass is 10.1. The Morgan fingerprint density at radius 2 is 2.10 bits per heavy atom. The highest BCUT2D eigenvalue weighted by Gasteiger charge is 2.15. The lowest BCUT2D eigenvalue weighted by molar-refractivity contribution is 0.110. The second-order valence-corrected chi connectivity index (χ2v) is 6.35. The van der Waals surface area contributed by atoms with Crippen molar-refractivity contribution in [3.63, 3.8) is 0 Å². The standard InChI is InChI=1S/C16H25N3OS/c1-4-13(5-2)19(8-9-20-3)11-12-6-7-14-15(10-12)21-16(17)18-14/h6-7,10,13H,4-5,8-9,11H2,1-3H3,(H2,17,18). The van der Waals surface area contributed by atoms with Crippen molar-refractivity contribution in [1.29, 1.82) is 0 Å². The average Bonchev–Trinajstić information content (AvgIpc) is 2.85. The van der Waals surface area contributed by atoms with E-state index in [4.69, 9.17) is 10.5 Å². The molecule has 1 heterocycles. The Labute approximate surface area is 130 Å². The van der Waals surface area contributed by atoms with E-state index in [1.165, 1.54) is 10.3 Å². The molecule has 5 heteroatoms. The zero-order chi connectivity index (χ0) is 15.2. The summed E-state index contributed by atoms with van der Waals surface area (Å²) >= 11 is 1.55. The molecule has 0 aliphatic carbocycles. The van der Waals surface area contributed by atoms with E-state index in [0.29, 0.717) is 11.2 Å². The summed E-state index contributed by atoms with van der Waals surface area (Å²) in [6.45, 7) is 7.18. The summed E-state index contributed by atoms with van der Waals surface area (Å²) in [5.41, 5.74) is 8.09. The molecule has 0 atom stereocenters. The van der Waals surface area contributed by atoms with Gasteiger partial charge in [0.15, 0.2) is 5.13 Å². The normalized spacial score (nSPS) is 11.9. The van der Waals surface area contributed by atoms with Crippen LogP contribution in [0.2, 0.25) is 0 Å². The molecule has 21 heavy (non-hydrogen) atoms. The van der Waals surface area contributed by atoms with Crippen LogP contribution in [-0.2, 0) is 11.3 Å². The van der Waals surface area contributed by atoms with E-state index in [1.54, 1.807) is 18.4 Å². The minimum Gasteiger partial charge on any atom is -0.383 e. The lowest BCUT2D eigenvalue weighted by Crippen LogP contribution is -2.36. The number of nitrogen functional groups attached to an aromatic ring is 1. The van der Waals surface area contributed by atoms with Gasteiger partial charge in [-0.05, 0) is 30.5 Å². The Hall–Kier alpha value is -1.17. The van der Waals surface area contributed by atoms with Crippen LogP contribution in [0.5, 0.6) is 0 Å². The number of rotatable bonds is 8. The molecule has 4 nitrogen and oxygen atoms in total. The number of hydrogen-bond donors (Lipinski definition) is 1. The third kappa shape index (κ3) is 4.15. The van der Waals surface area contributed by atoms with Crippen LogP contribution in [0.3, 0.4) is 0 Å². The molecule has 0 radical (unpaired) electrons. The fourth-order valence-electron chi connectivity index (χ4n) is 2.72. The maximum Gasteiger partial charge on any atom is 0.181 e. The van der Waals surface area contributed by atoms with Gasteiger partial charge in [-0.3, -0.25) is 4.90 Å². The highest BCUT2D eigenvalue weighted by Crippen LogP contribution is 2.25. The highest BCUT2D eigenvalue weighted by atomic mass is 32.1. The van der Waals surface area contributed by atoms with Crippen LogP contribution in [0.4, 0.5) is 5.13 Å². The van der Waals surface area contributed by atoms with Crippen molar-refractivity contribution in [1.82, 2.24) is 9.88 Å². The molecule has 0 unspecified atom stereocenters. The van der Waals surface area contributed by atoms with Gasteiger partial charge in [-0.2, -0.15) is 0 Å². The van der Waals surface area contributed by atoms with Gasteiger partial charge in [0.1, 0.15) is 0 Å². The van der Waals surface area contributed by atoms with Crippen molar-refractivity contribution in [2.75, 3.05) is 26.0 Å². The van der Waals surface area contributed by atoms with E-state index in [1.807, 2.05) is 0 Å². The topological polar surface area (TPSA) is 51.4 Å². The summed E-state index contributed by atoms with van der Waals surface area (Å²) in [4.78, 5) is 6.82. The summed E-state index contributed by atoms with van der Waals surface area (Å²) in [6.07, 6.45) is 2.33. The van der Waals surface area contributed by atoms with Crippen molar-refractivity contribution in [2.24, 2.45) is 0 Å². The molecule has 2 N–H and O–H groups in total. The van der Waals surface area contributed by atoms with E-state index in [2.05, 4.69) is 41.9 Å². The molecule has 0 saturated carbocycles. The number of benzene rings is 1. The third-order valence-corrected chi connectivity index (χ3v) is 4.74. The van der Waals surface area contributed by atoms with E-state index < -0.39 is 0 Å². The number of nitrogens with zero attached hydrogens (tertiary/aromatic N) is 2. The van der Waals surface area contributed by atoms with Gasteiger partial charge in [-0.25, -0.2) is 4.98 Å². The molecule has 0 fully saturated rings. The molecule has 116 valence electrons. The molecule has 0 bridgehead atoms. The smallest absolute Gasteiger partial charge is 0.181 e. The van der Waals surface area contributed by atoms with Gasteiger partial charge in [-0.15, -0.1) is 0 Å². The van der Waals surface area contributed by atoms with Crippen LogP contribution in [0.1, 0.15) is 32.3 Å². The minimum absolute atomic E-state index is 0.599. The first-order valence-electron chi connectivity index (χ1n) is 7.55. The maximum absolute atomic E-state index is 5.78. The van der Waals surface area contributed by atoms with Crippen molar-refractivity contribution >= 4 is 26.7 Å². The van der Waals surface area contributed by atoms with E-state index in [9.17, 15) is 0 Å². The Morgan fingerprint density at radius 3 is 2.76 bits per heavy atom.